The molecule has 0 N–H and O–H groups in total. The minimum Gasteiger partial charge on any atom is -0.0864 e. The van der Waals surface area contributed by atoms with Crippen molar-refractivity contribution >= 4 is 45.2 Å². The average molecular weight is 474 g/mol. The Morgan fingerprint density at radius 3 is 1.94 bits per heavy atom. The van der Waals surface area contributed by atoms with Crippen LogP contribution in [0.25, 0.3) is 0 Å². The van der Waals surface area contributed by atoms with Crippen LogP contribution in [0.15, 0.2) is 0 Å². The van der Waals surface area contributed by atoms with Gasteiger partial charge >= 0.3 is 0 Å². The van der Waals surface area contributed by atoms with Crippen molar-refractivity contribution in [3.05, 3.63) is 0 Å². The van der Waals surface area contributed by atoms with Crippen molar-refractivity contribution in [2.24, 2.45) is 23.7 Å². The van der Waals surface area contributed by atoms with Gasteiger partial charge in [-0.05, 0) is 58.2 Å². The average Bonchev–Trinajstić information content (AvgIpc) is 2.97. The molecule has 0 heterocycles. The summed E-state index contributed by atoms with van der Waals surface area (Å²) in [7, 11) is 0. The Balaban J connectivity index is 1.65. The zero-order valence-electron chi connectivity index (χ0n) is 11.6. The Bertz CT molecular complexity index is 229. The molecule has 2 saturated carbocycles. The Morgan fingerprint density at radius 2 is 1.28 bits per heavy atom. The van der Waals surface area contributed by atoms with Gasteiger partial charge in [-0.25, -0.2) is 0 Å². The molecule has 0 aromatic carbocycles. The fraction of sp³-hybridized carbons (Fsp3) is 1.00. The van der Waals surface area contributed by atoms with E-state index in [1.807, 2.05) is 0 Å². The molecule has 2 fully saturated rings. The van der Waals surface area contributed by atoms with Crippen molar-refractivity contribution in [3.63, 3.8) is 0 Å². The van der Waals surface area contributed by atoms with Crippen molar-refractivity contribution in [3.8, 4) is 0 Å². The molecule has 2 heteroatoms. The van der Waals surface area contributed by atoms with E-state index in [-0.39, 0.29) is 0 Å². The second-order valence-corrected chi connectivity index (χ2v) is 8.69. The third-order valence-electron chi connectivity index (χ3n) is 5.41. The lowest BCUT2D eigenvalue weighted by molar-refractivity contribution is 0.318. The first kappa shape index (κ1) is 15.8. The van der Waals surface area contributed by atoms with Crippen LogP contribution in [0.2, 0.25) is 0 Å². The largest absolute Gasteiger partial charge is 0.0864 e. The molecule has 106 valence electrons. The van der Waals surface area contributed by atoms with Crippen LogP contribution in [-0.2, 0) is 0 Å². The van der Waals surface area contributed by atoms with Crippen LogP contribution >= 0.6 is 45.2 Å². The fourth-order valence-corrected chi connectivity index (χ4v) is 6.00. The van der Waals surface area contributed by atoms with E-state index in [0.29, 0.717) is 0 Å². The van der Waals surface area contributed by atoms with E-state index in [4.69, 9.17) is 0 Å². The maximum Gasteiger partial charge on any atom is -0.000199 e. The number of hydrogen-bond acceptors (Lipinski definition) is 0. The fourth-order valence-electron chi connectivity index (χ4n) is 4.32. The van der Waals surface area contributed by atoms with Crippen molar-refractivity contribution in [1.82, 2.24) is 0 Å². The first-order chi connectivity index (χ1) is 8.83. The highest BCUT2D eigenvalue weighted by molar-refractivity contribution is 14.1. The van der Waals surface area contributed by atoms with Crippen LogP contribution in [0, 0.1) is 23.7 Å². The monoisotopic (exact) mass is 474 g/mol. The van der Waals surface area contributed by atoms with Crippen molar-refractivity contribution < 1.29 is 0 Å². The number of rotatable bonds is 7. The van der Waals surface area contributed by atoms with Crippen molar-refractivity contribution in [1.29, 1.82) is 0 Å². The minimum absolute atomic E-state index is 1.08. The van der Waals surface area contributed by atoms with Gasteiger partial charge in [-0.15, -0.1) is 0 Å². The number of halogens is 2. The Kier molecular flexibility index (Phi) is 7.64. The highest BCUT2D eigenvalue weighted by Crippen LogP contribution is 2.41. The summed E-state index contributed by atoms with van der Waals surface area (Å²) in [5, 5.41) is 0. The van der Waals surface area contributed by atoms with Crippen LogP contribution in [0.3, 0.4) is 0 Å². The Labute approximate surface area is 141 Å². The zero-order chi connectivity index (χ0) is 12.8. The van der Waals surface area contributed by atoms with Gasteiger partial charge in [0.1, 0.15) is 0 Å². The normalized spacial score (nSPS) is 36.3. The first-order valence-corrected chi connectivity index (χ1v) is 11.0. The van der Waals surface area contributed by atoms with Crippen LogP contribution in [-0.4, -0.2) is 8.86 Å². The predicted molar refractivity (Wildman–Crippen MR) is 97.9 cm³/mol. The third kappa shape index (κ3) is 4.78. The molecule has 0 amide bonds. The highest BCUT2D eigenvalue weighted by atomic mass is 127. The molecule has 0 aliphatic heterocycles. The summed E-state index contributed by atoms with van der Waals surface area (Å²) >= 11 is 5.11. The summed E-state index contributed by atoms with van der Waals surface area (Å²) in [6, 6.07) is 0. The zero-order valence-corrected chi connectivity index (χ0v) is 15.9. The van der Waals surface area contributed by atoms with E-state index < -0.39 is 0 Å². The second-order valence-electron chi connectivity index (χ2n) is 6.53. The van der Waals surface area contributed by atoms with Gasteiger partial charge in [0.15, 0.2) is 0 Å². The lowest BCUT2D eigenvalue weighted by Crippen LogP contribution is -2.10. The first-order valence-electron chi connectivity index (χ1n) is 7.95. The number of alkyl halides is 2. The van der Waals surface area contributed by atoms with Gasteiger partial charge in [0.2, 0.25) is 0 Å². The maximum absolute atomic E-state index is 2.56. The van der Waals surface area contributed by atoms with Crippen LogP contribution in [0.4, 0.5) is 0 Å². The summed E-state index contributed by atoms with van der Waals surface area (Å²) in [6.45, 7) is 0. The molecule has 0 saturated heterocycles. The molecule has 0 nitrogen and oxygen atoms in total. The third-order valence-corrected chi connectivity index (χ3v) is 6.65. The predicted octanol–water partition coefficient (Wildman–Crippen LogP) is 6.25. The van der Waals surface area contributed by atoms with Gasteiger partial charge in [-0.2, -0.15) is 0 Å². The molecule has 2 rings (SSSR count). The topological polar surface area (TPSA) is 0 Å². The number of hydrogen-bond donors (Lipinski definition) is 0. The summed E-state index contributed by atoms with van der Waals surface area (Å²) in [5.41, 5.74) is 0. The molecule has 2 aliphatic rings. The summed E-state index contributed by atoms with van der Waals surface area (Å²) in [5.74, 6) is 4.37. The SMILES string of the molecule is ICCC1CCC(CCC2CCCC2CCI)C1. The van der Waals surface area contributed by atoms with Gasteiger partial charge in [0.25, 0.3) is 0 Å². The van der Waals surface area contributed by atoms with Crippen LogP contribution in [0.1, 0.15) is 64.2 Å². The van der Waals surface area contributed by atoms with Gasteiger partial charge in [0, 0.05) is 0 Å². The van der Waals surface area contributed by atoms with Gasteiger partial charge in [-0.3, -0.25) is 0 Å². The summed E-state index contributed by atoms with van der Waals surface area (Å²) in [6.07, 6.45) is 15.3. The molecular weight excluding hydrogens is 446 g/mol. The van der Waals surface area contributed by atoms with E-state index in [9.17, 15) is 0 Å². The van der Waals surface area contributed by atoms with Crippen molar-refractivity contribution in [2.45, 2.75) is 64.2 Å². The summed E-state index contributed by atoms with van der Waals surface area (Å²) in [4.78, 5) is 0. The molecule has 4 unspecified atom stereocenters. The quantitative estimate of drug-likeness (QED) is 0.303. The van der Waals surface area contributed by atoms with E-state index in [1.54, 1.807) is 32.1 Å². The van der Waals surface area contributed by atoms with E-state index in [0.717, 1.165) is 23.7 Å². The second kappa shape index (κ2) is 8.68. The molecule has 0 aromatic rings. The molecule has 18 heavy (non-hydrogen) atoms. The highest BCUT2D eigenvalue weighted by Gasteiger charge is 2.29. The standard InChI is InChI=1S/C16H28I2/c17-10-8-14-5-4-13(12-14)6-7-15-2-1-3-16(15)9-11-18/h13-16H,1-12H2. The van der Waals surface area contributed by atoms with Crippen LogP contribution in [0.5, 0.6) is 0 Å². The van der Waals surface area contributed by atoms with Crippen molar-refractivity contribution in [2.75, 3.05) is 8.86 Å². The van der Waals surface area contributed by atoms with E-state index in [2.05, 4.69) is 45.2 Å². The molecule has 0 spiro atoms. The molecular formula is C16H28I2. The summed E-state index contributed by atoms with van der Waals surface area (Å²) < 4.78 is 2.75. The van der Waals surface area contributed by atoms with Gasteiger partial charge < -0.3 is 0 Å². The van der Waals surface area contributed by atoms with Gasteiger partial charge in [-0.1, -0.05) is 83.7 Å². The van der Waals surface area contributed by atoms with E-state index in [1.165, 1.54) is 41.0 Å². The Hall–Kier alpha value is 1.46. The van der Waals surface area contributed by atoms with Crippen LogP contribution < -0.4 is 0 Å². The molecule has 4 atom stereocenters. The minimum atomic E-state index is 1.08. The Morgan fingerprint density at radius 1 is 0.667 bits per heavy atom. The van der Waals surface area contributed by atoms with Gasteiger partial charge in [0.05, 0.1) is 0 Å². The maximum atomic E-state index is 2.56. The lowest BCUT2D eigenvalue weighted by atomic mass is 9.86. The molecule has 0 aromatic heterocycles. The molecule has 0 bridgehead atoms. The molecule has 0 radical (unpaired) electrons. The molecule has 2 aliphatic carbocycles. The smallest absolute Gasteiger partial charge is 0.000199 e. The van der Waals surface area contributed by atoms with E-state index >= 15 is 0 Å². The lowest BCUT2D eigenvalue weighted by Gasteiger charge is -2.20.